The van der Waals surface area contributed by atoms with Gasteiger partial charge >= 0.3 is 35.5 Å². The van der Waals surface area contributed by atoms with Gasteiger partial charge < -0.3 is 14.6 Å². The molecular formula is C18H34NNaO4. The van der Waals surface area contributed by atoms with Crippen LogP contribution in [-0.2, 0) is 14.3 Å². The third-order valence-electron chi connectivity index (χ3n) is 3.95. The summed E-state index contributed by atoms with van der Waals surface area (Å²) >= 11 is 0. The van der Waals surface area contributed by atoms with Crippen molar-refractivity contribution in [3.05, 3.63) is 0 Å². The van der Waals surface area contributed by atoms with Crippen LogP contribution in [0.1, 0.15) is 85.0 Å². The number of hydrogen-bond acceptors (Lipinski definition) is 5. The van der Waals surface area contributed by atoms with E-state index in [2.05, 4.69) is 12.2 Å². The summed E-state index contributed by atoms with van der Waals surface area (Å²) in [6, 6.07) is -1.50. The maximum absolute atomic E-state index is 11.7. The maximum Gasteiger partial charge on any atom is 1.00 e. The zero-order valence-electron chi connectivity index (χ0n) is 16.1. The first-order valence-electron chi connectivity index (χ1n) is 9.12. The van der Waals surface area contributed by atoms with Gasteiger partial charge in [-0.2, -0.15) is 0 Å². The van der Waals surface area contributed by atoms with Crippen LogP contribution < -0.4 is 40.0 Å². The molecule has 0 aliphatic heterocycles. The minimum absolute atomic E-state index is 0. The summed E-state index contributed by atoms with van der Waals surface area (Å²) < 4.78 is 5.14. The van der Waals surface area contributed by atoms with Gasteiger partial charge in [-0.1, -0.05) is 64.7 Å². The van der Waals surface area contributed by atoms with Crippen LogP contribution in [0.4, 0.5) is 0 Å². The van der Waals surface area contributed by atoms with Gasteiger partial charge in [0.2, 0.25) is 0 Å². The molecule has 0 fully saturated rings. The Kier molecular flexibility index (Phi) is 19.3. The van der Waals surface area contributed by atoms with Gasteiger partial charge in [0.15, 0.2) is 0 Å². The number of esters is 1. The second-order valence-electron chi connectivity index (χ2n) is 6.28. The number of hydrogen-bond donors (Lipinski definition) is 1. The van der Waals surface area contributed by atoms with Crippen LogP contribution in [0.5, 0.6) is 0 Å². The fraction of sp³-hybridized carbons (Fsp3) is 0.889. The average Bonchev–Trinajstić information content (AvgIpc) is 2.52. The molecule has 0 amide bonds. The molecule has 0 aromatic heterocycles. The van der Waals surface area contributed by atoms with E-state index in [4.69, 9.17) is 4.74 Å². The zero-order valence-corrected chi connectivity index (χ0v) is 18.1. The Labute approximate surface area is 169 Å². The standard InChI is InChI=1S/C18H35NO4.Na/c1-4-5-6-7-8-9-10-11-12-13-14-23-18(22)16(3)19-15(2)17(20)21;/h15-16,19H,4-14H2,1-3H3,(H,20,21);/q;+1/p-1. The van der Waals surface area contributed by atoms with Gasteiger partial charge in [0.25, 0.3) is 0 Å². The van der Waals surface area contributed by atoms with Crippen molar-refractivity contribution in [3.8, 4) is 0 Å². The summed E-state index contributed by atoms with van der Waals surface area (Å²) in [5.41, 5.74) is 0. The molecule has 5 nitrogen and oxygen atoms in total. The number of rotatable bonds is 15. The third kappa shape index (κ3) is 15.4. The average molecular weight is 351 g/mol. The van der Waals surface area contributed by atoms with Crippen LogP contribution in [-0.4, -0.2) is 30.6 Å². The number of carboxylic acids is 1. The molecule has 24 heavy (non-hydrogen) atoms. The topological polar surface area (TPSA) is 78.5 Å². The Hall–Kier alpha value is -0.100. The molecular weight excluding hydrogens is 317 g/mol. The number of unbranched alkanes of at least 4 members (excludes halogenated alkanes) is 9. The van der Waals surface area contributed by atoms with Gasteiger partial charge in [-0.15, -0.1) is 0 Å². The molecule has 0 radical (unpaired) electrons. The summed E-state index contributed by atoms with van der Waals surface area (Å²) in [6.07, 6.45) is 12.3. The summed E-state index contributed by atoms with van der Waals surface area (Å²) in [7, 11) is 0. The summed E-state index contributed by atoms with van der Waals surface area (Å²) in [5.74, 6) is -1.63. The van der Waals surface area contributed by atoms with Crippen LogP contribution in [0.15, 0.2) is 0 Å². The first-order chi connectivity index (χ1) is 11.0. The molecule has 6 heteroatoms. The van der Waals surface area contributed by atoms with Crippen molar-refractivity contribution >= 4 is 11.9 Å². The van der Waals surface area contributed by atoms with Crippen molar-refractivity contribution in [1.82, 2.24) is 5.32 Å². The molecule has 0 aromatic carbocycles. The van der Waals surface area contributed by atoms with E-state index >= 15 is 0 Å². The molecule has 0 spiro atoms. The molecule has 136 valence electrons. The van der Waals surface area contributed by atoms with Crippen LogP contribution in [0.25, 0.3) is 0 Å². The minimum Gasteiger partial charge on any atom is -0.548 e. The van der Waals surface area contributed by atoms with Crippen LogP contribution in [0, 0.1) is 0 Å². The van der Waals surface area contributed by atoms with E-state index in [0.717, 1.165) is 12.8 Å². The van der Waals surface area contributed by atoms with Crippen molar-refractivity contribution in [1.29, 1.82) is 0 Å². The van der Waals surface area contributed by atoms with Gasteiger partial charge in [0, 0.05) is 6.04 Å². The smallest absolute Gasteiger partial charge is 0.548 e. The number of aliphatic carboxylic acids is 1. The van der Waals surface area contributed by atoms with Gasteiger partial charge in [-0.25, -0.2) is 0 Å². The summed E-state index contributed by atoms with van der Waals surface area (Å²) in [5, 5.41) is 13.2. The zero-order chi connectivity index (χ0) is 17.5. The monoisotopic (exact) mass is 351 g/mol. The van der Waals surface area contributed by atoms with Crippen molar-refractivity contribution in [2.24, 2.45) is 0 Å². The van der Waals surface area contributed by atoms with E-state index in [9.17, 15) is 14.7 Å². The van der Waals surface area contributed by atoms with E-state index in [-0.39, 0.29) is 29.6 Å². The molecule has 0 aliphatic carbocycles. The minimum atomic E-state index is -1.22. The van der Waals surface area contributed by atoms with Crippen LogP contribution >= 0.6 is 0 Å². The molecule has 1 N–H and O–H groups in total. The molecule has 0 aromatic rings. The van der Waals surface area contributed by atoms with Gasteiger partial charge in [-0.05, 0) is 20.3 Å². The predicted molar refractivity (Wildman–Crippen MR) is 89.9 cm³/mol. The summed E-state index contributed by atoms with van der Waals surface area (Å²) in [6.45, 7) is 5.68. The summed E-state index contributed by atoms with van der Waals surface area (Å²) in [4.78, 5) is 22.3. The Bertz CT molecular complexity index is 326. The number of carbonyl (C=O) groups is 2. The van der Waals surface area contributed by atoms with E-state index in [1.165, 1.54) is 58.3 Å². The van der Waals surface area contributed by atoms with Crippen molar-refractivity contribution in [2.75, 3.05) is 6.61 Å². The SMILES string of the molecule is CCCCCCCCCCCCOC(=O)C(C)NC(C)C(=O)[O-].[Na+]. The number of ether oxygens (including phenoxy) is 1. The van der Waals surface area contributed by atoms with Gasteiger partial charge in [0.05, 0.1) is 12.6 Å². The second-order valence-corrected chi connectivity index (χ2v) is 6.28. The Balaban J connectivity index is 0. The first-order valence-corrected chi connectivity index (χ1v) is 9.12. The van der Waals surface area contributed by atoms with Crippen LogP contribution in [0.3, 0.4) is 0 Å². The fourth-order valence-electron chi connectivity index (χ4n) is 2.40. The fourth-order valence-corrected chi connectivity index (χ4v) is 2.40. The maximum atomic E-state index is 11.7. The molecule has 0 bridgehead atoms. The first kappa shape index (κ1) is 26.1. The molecule has 2 atom stereocenters. The molecule has 0 saturated heterocycles. The number of carbonyl (C=O) groups excluding carboxylic acids is 2. The molecule has 0 saturated carbocycles. The third-order valence-corrected chi connectivity index (χ3v) is 3.95. The van der Waals surface area contributed by atoms with E-state index in [0.29, 0.717) is 6.61 Å². The normalized spacial score (nSPS) is 13.0. The number of nitrogens with one attached hydrogen (secondary N) is 1. The van der Waals surface area contributed by atoms with E-state index < -0.39 is 24.0 Å². The molecule has 0 rings (SSSR count). The van der Waals surface area contributed by atoms with E-state index in [1.807, 2.05) is 0 Å². The van der Waals surface area contributed by atoms with Crippen molar-refractivity contribution < 1.29 is 49.0 Å². The van der Waals surface area contributed by atoms with Crippen molar-refractivity contribution in [3.63, 3.8) is 0 Å². The largest absolute Gasteiger partial charge is 1.00 e. The quantitative estimate of drug-likeness (QED) is 0.246. The molecule has 0 heterocycles. The Morgan fingerprint density at radius 1 is 0.875 bits per heavy atom. The van der Waals surface area contributed by atoms with Gasteiger partial charge in [-0.3, -0.25) is 10.1 Å². The van der Waals surface area contributed by atoms with Crippen LogP contribution in [0.2, 0.25) is 0 Å². The van der Waals surface area contributed by atoms with Gasteiger partial charge in [0.1, 0.15) is 6.04 Å². The molecule has 2 unspecified atom stereocenters. The number of carboxylic acid groups (broad SMARTS) is 1. The Morgan fingerprint density at radius 3 is 1.79 bits per heavy atom. The molecule has 0 aliphatic rings. The van der Waals surface area contributed by atoms with E-state index in [1.54, 1.807) is 6.92 Å². The van der Waals surface area contributed by atoms with Crippen molar-refractivity contribution in [2.45, 2.75) is 97.1 Å². The second kappa shape index (κ2) is 17.7. The Morgan fingerprint density at radius 2 is 1.33 bits per heavy atom. The predicted octanol–water partition coefficient (Wildman–Crippen LogP) is -0.429.